The first-order chi connectivity index (χ1) is 21.4. The molecular weight excluding hydrogens is 558 g/mol. The molecule has 2 aliphatic heterocycles. The smallest absolute Gasteiger partial charge is 0.327 e. The fourth-order valence-corrected chi connectivity index (χ4v) is 7.09. The molecule has 0 saturated carbocycles. The number of β-lactam (4-membered cyclic amide) rings is 1. The monoisotopic (exact) mass is 591 g/mol. The van der Waals surface area contributed by atoms with Gasteiger partial charge < -0.3 is 14.4 Å². The first kappa shape index (κ1) is 29.1. The van der Waals surface area contributed by atoms with Crippen LogP contribution in [0, 0.1) is 10.1 Å². The van der Waals surface area contributed by atoms with Crippen LogP contribution in [0.15, 0.2) is 115 Å². The van der Waals surface area contributed by atoms with Gasteiger partial charge in [0, 0.05) is 17.0 Å². The van der Waals surface area contributed by atoms with Gasteiger partial charge in [0.15, 0.2) is 0 Å². The Bertz CT molecular complexity index is 1630. The first-order valence-corrected chi connectivity index (χ1v) is 14.5. The molecule has 6 atom stereocenters. The maximum atomic E-state index is 14.0. The quantitative estimate of drug-likeness (QED) is 0.129. The van der Waals surface area contributed by atoms with Crippen LogP contribution in [-0.4, -0.2) is 54.7 Å². The molecule has 6 unspecified atom stereocenters. The van der Waals surface area contributed by atoms with Crippen LogP contribution in [0.2, 0.25) is 0 Å². The summed E-state index contributed by atoms with van der Waals surface area (Å²) in [6, 6.07) is 32.0. The Morgan fingerprint density at radius 2 is 1.43 bits per heavy atom. The summed E-state index contributed by atoms with van der Waals surface area (Å²) in [6.45, 7) is 0. The molecular formula is C35H33N3O6. The second-order valence-electron chi connectivity index (χ2n) is 11.2. The van der Waals surface area contributed by atoms with Crippen molar-refractivity contribution >= 4 is 17.6 Å². The molecule has 1 N–H and O–H groups in total. The van der Waals surface area contributed by atoms with Crippen molar-refractivity contribution in [2.75, 3.05) is 19.1 Å². The van der Waals surface area contributed by atoms with Gasteiger partial charge in [-0.15, -0.1) is 0 Å². The van der Waals surface area contributed by atoms with E-state index in [1.807, 2.05) is 91.0 Å². The second kappa shape index (κ2) is 11.9. The molecule has 0 aliphatic carbocycles. The van der Waals surface area contributed by atoms with Crippen LogP contribution >= 0.6 is 0 Å². The Balaban J connectivity index is 1.54. The molecule has 6 rings (SSSR count). The summed E-state index contributed by atoms with van der Waals surface area (Å²) >= 11 is 0. The van der Waals surface area contributed by atoms with E-state index in [2.05, 4.69) is 5.32 Å². The number of hydrogen-bond donors (Lipinski definition) is 1. The number of nitrogens with one attached hydrogen (secondary N) is 1. The molecule has 4 aromatic rings. The van der Waals surface area contributed by atoms with Gasteiger partial charge in [0.2, 0.25) is 11.9 Å². The summed E-state index contributed by atoms with van der Waals surface area (Å²) in [4.78, 5) is 42.5. The van der Waals surface area contributed by atoms with Gasteiger partial charge in [-0.1, -0.05) is 91.0 Å². The van der Waals surface area contributed by atoms with E-state index >= 15 is 0 Å². The van der Waals surface area contributed by atoms with Crippen molar-refractivity contribution in [1.29, 1.82) is 0 Å². The third-order valence-electron chi connectivity index (χ3n) is 8.96. The van der Waals surface area contributed by atoms with E-state index in [1.54, 1.807) is 36.3 Å². The van der Waals surface area contributed by atoms with Gasteiger partial charge in [0.05, 0.1) is 38.1 Å². The van der Waals surface area contributed by atoms with Gasteiger partial charge >= 0.3 is 5.97 Å². The number of anilines is 1. The molecule has 9 heteroatoms. The van der Waals surface area contributed by atoms with Gasteiger partial charge in [0.25, 0.3) is 0 Å². The van der Waals surface area contributed by atoms with Crippen molar-refractivity contribution in [2.45, 2.75) is 41.9 Å². The number of esters is 1. The number of hydrogen-bond acceptors (Lipinski definition) is 7. The topological polar surface area (TPSA) is 111 Å². The highest BCUT2D eigenvalue weighted by Crippen LogP contribution is 2.50. The lowest BCUT2D eigenvalue weighted by Gasteiger charge is -2.50. The molecule has 0 aromatic heterocycles. The molecule has 0 spiro atoms. The average molecular weight is 592 g/mol. The van der Waals surface area contributed by atoms with E-state index < -0.39 is 41.5 Å². The Morgan fingerprint density at radius 3 is 1.98 bits per heavy atom. The number of nitro groups is 1. The Morgan fingerprint density at radius 1 is 0.864 bits per heavy atom. The predicted molar refractivity (Wildman–Crippen MR) is 165 cm³/mol. The molecule has 9 nitrogen and oxygen atoms in total. The van der Waals surface area contributed by atoms with E-state index in [0.717, 1.165) is 11.1 Å². The zero-order valence-corrected chi connectivity index (χ0v) is 24.4. The number of carbonyl (C=O) groups is 2. The molecule has 1 amide bonds. The van der Waals surface area contributed by atoms with Crippen LogP contribution in [0.25, 0.3) is 0 Å². The van der Waals surface area contributed by atoms with E-state index in [4.69, 9.17) is 9.47 Å². The molecule has 2 fully saturated rings. The summed E-state index contributed by atoms with van der Waals surface area (Å²) < 4.78 is 10.7. The third-order valence-corrected chi connectivity index (χ3v) is 8.96. The van der Waals surface area contributed by atoms with Crippen molar-refractivity contribution < 1.29 is 24.0 Å². The van der Waals surface area contributed by atoms with Crippen LogP contribution in [0.5, 0.6) is 5.75 Å². The zero-order valence-electron chi connectivity index (χ0n) is 24.4. The van der Waals surface area contributed by atoms with Crippen molar-refractivity contribution in [2.24, 2.45) is 0 Å². The Labute approximate surface area is 255 Å². The van der Waals surface area contributed by atoms with Gasteiger partial charge in [-0.2, -0.15) is 0 Å². The minimum atomic E-state index is -1.49. The summed E-state index contributed by atoms with van der Waals surface area (Å²) in [6.07, 6.45) is 0.153. The number of benzene rings is 4. The number of nitrogens with zero attached hydrogens (tertiary/aromatic N) is 2. The standard InChI is InChI=1S/C35H33N3O6/c1-43-27-20-18-26(19-21-27)37-31(28(33(37)39)24-14-8-4-9-15-24)30-32(38(41)42)29(25-16-10-5-11-17-25)35(36-30,34(40)44-2)22-23-12-6-3-7-13-23/h3-21,28-32,36H,22H2,1-2H3. The lowest BCUT2D eigenvalue weighted by Crippen LogP contribution is -2.70. The summed E-state index contributed by atoms with van der Waals surface area (Å²) in [5.41, 5.74) is 1.32. The van der Waals surface area contributed by atoms with E-state index in [-0.39, 0.29) is 17.3 Å². The maximum Gasteiger partial charge on any atom is 0.327 e. The normalized spacial score (nSPS) is 26.1. The Kier molecular flexibility index (Phi) is 7.88. The highest BCUT2D eigenvalue weighted by atomic mass is 16.6. The molecule has 4 aromatic carbocycles. The largest absolute Gasteiger partial charge is 0.497 e. The van der Waals surface area contributed by atoms with Crippen LogP contribution < -0.4 is 15.0 Å². The first-order valence-electron chi connectivity index (χ1n) is 14.5. The lowest BCUT2D eigenvalue weighted by atomic mass is 9.71. The van der Waals surface area contributed by atoms with Crippen molar-refractivity contribution in [3.63, 3.8) is 0 Å². The molecule has 224 valence electrons. The molecule has 0 bridgehead atoms. The third kappa shape index (κ3) is 4.89. The van der Waals surface area contributed by atoms with Gasteiger partial charge in [-0.05, 0) is 41.0 Å². The number of rotatable bonds is 9. The number of methoxy groups -OCH3 is 2. The van der Waals surface area contributed by atoms with Gasteiger partial charge in [-0.25, -0.2) is 0 Å². The average Bonchev–Trinajstić information content (AvgIpc) is 3.40. The molecule has 2 heterocycles. The highest BCUT2D eigenvalue weighted by molar-refractivity contribution is 6.07. The summed E-state index contributed by atoms with van der Waals surface area (Å²) in [7, 11) is 2.86. The molecule has 2 aliphatic rings. The second-order valence-corrected chi connectivity index (χ2v) is 11.2. The Hall–Kier alpha value is -5.02. The fraction of sp³-hybridized carbons (Fsp3) is 0.257. The van der Waals surface area contributed by atoms with E-state index in [9.17, 15) is 19.7 Å². The lowest BCUT2D eigenvalue weighted by molar-refractivity contribution is -0.527. The number of carbonyl (C=O) groups excluding carboxylic acids is 2. The maximum absolute atomic E-state index is 14.0. The molecule has 44 heavy (non-hydrogen) atoms. The van der Waals surface area contributed by atoms with Gasteiger partial charge in [-0.3, -0.25) is 25.0 Å². The van der Waals surface area contributed by atoms with Crippen molar-refractivity contribution in [3.05, 3.63) is 142 Å². The predicted octanol–water partition coefficient (Wildman–Crippen LogP) is 4.75. The fourth-order valence-electron chi connectivity index (χ4n) is 7.09. The minimum Gasteiger partial charge on any atom is -0.497 e. The van der Waals surface area contributed by atoms with Crippen LogP contribution in [0.3, 0.4) is 0 Å². The van der Waals surface area contributed by atoms with Crippen molar-refractivity contribution in [3.8, 4) is 5.75 Å². The minimum absolute atomic E-state index is 0.153. The molecule has 2 saturated heterocycles. The summed E-state index contributed by atoms with van der Waals surface area (Å²) in [5, 5.41) is 16.7. The van der Waals surface area contributed by atoms with E-state index in [1.165, 1.54) is 7.11 Å². The van der Waals surface area contributed by atoms with Crippen LogP contribution in [-0.2, 0) is 20.7 Å². The van der Waals surface area contributed by atoms with Crippen LogP contribution in [0.4, 0.5) is 5.69 Å². The molecule has 0 radical (unpaired) electrons. The number of amides is 1. The number of ether oxygens (including phenoxy) is 2. The highest BCUT2D eigenvalue weighted by Gasteiger charge is 2.69. The van der Waals surface area contributed by atoms with Gasteiger partial charge in [0.1, 0.15) is 11.3 Å². The van der Waals surface area contributed by atoms with Crippen molar-refractivity contribution in [1.82, 2.24) is 5.32 Å². The van der Waals surface area contributed by atoms with E-state index in [0.29, 0.717) is 17.0 Å². The zero-order chi connectivity index (χ0) is 30.8. The SMILES string of the molecule is COC(=O)C1(Cc2ccccc2)NC(C2C(c3ccccc3)C(=O)N2c2ccc(OC)cc2)C([N+](=O)[O-])C1c1ccccc1. The summed E-state index contributed by atoms with van der Waals surface area (Å²) in [5.74, 6) is -1.72. The van der Waals surface area contributed by atoms with Crippen LogP contribution in [0.1, 0.15) is 28.5 Å².